The molecule has 1 aromatic carbocycles. The molecule has 0 saturated heterocycles. The van der Waals surface area contributed by atoms with Crippen LogP contribution in [-0.2, 0) is 4.74 Å². The van der Waals surface area contributed by atoms with Crippen LogP contribution in [0.15, 0.2) is 23.2 Å². The van der Waals surface area contributed by atoms with Gasteiger partial charge in [-0.05, 0) is 18.6 Å². The molecular formula is C13H15ClN2O2. The van der Waals surface area contributed by atoms with E-state index in [4.69, 9.17) is 16.3 Å². The number of halogens is 1. The molecule has 1 aromatic heterocycles. The number of rotatable bonds is 5. The van der Waals surface area contributed by atoms with E-state index in [2.05, 4.69) is 9.98 Å². The lowest BCUT2D eigenvalue weighted by Gasteiger charge is -1.95. The van der Waals surface area contributed by atoms with Crippen LogP contribution in [0, 0.1) is 0 Å². The summed E-state index contributed by atoms with van der Waals surface area (Å²) in [6, 6.07) is 5.43. The molecule has 0 aliphatic heterocycles. The Balaban J connectivity index is 2.19. The van der Waals surface area contributed by atoms with Crippen molar-refractivity contribution in [2.75, 3.05) is 20.3 Å². The van der Waals surface area contributed by atoms with Crippen LogP contribution >= 0.6 is 11.6 Å². The summed E-state index contributed by atoms with van der Waals surface area (Å²) in [4.78, 5) is 7.14. The second-order valence-electron chi connectivity index (χ2n) is 3.96. The van der Waals surface area contributed by atoms with Gasteiger partial charge in [0.15, 0.2) is 5.88 Å². The van der Waals surface area contributed by atoms with Gasteiger partial charge in [0, 0.05) is 36.9 Å². The molecule has 0 bridgehead atoms. The molecule has 4 nitrogen and oxygen atoms in total. The number of aromatic amines is 1. The lowest BCUT2D eigenvalue weighted by molar-refractivity contribution is 0.197. The fourth-order valence-electron chi connectivity index (χ4n) is 1.76. The van der Waals surface area contributed by atoms with Crippen molar-refractivity contribution in [1.82, 2.24) is 4.98 Å². The van der Waals surface area contributed by atoms with Crippen LogP contribution in [0.4, 0.5) is 0 Å². The largest absolute Gasteiger partial charge is 0.494 e. The van der Waals surface area contributed by atoms with Crippen LogP contribution in [-0.4, -0.2) is 36.6 Å². The van der Waals surface area contributed by atoms with Gasteiger partial charge >= 0.3 is 0 Å². The number of H-pyrrole nitrogens is 1. The maximum absolute atomic E-state index is 9.81. The molecule has 1 heterocycles. The zero-order valence-corrected chi connectivity index (χ0v) is 10.9. The van der Waals surface area contributed by atoms with Crippen molar-refractivity contribution in [2.24, 2.45) is 4.99 Å². The summed E-state index contributed by atoms with van der Waals surface area (Å²) in [6.07, 6.45) is 2.54. The first kappa shape index (κ1) is 12.9. The Hall–Kier alpha value is -1.52. The Bertz CT molecular complexity index is 563. The Kier molecular flexibility index (Phi) is 4.23. The summed E-state index contributed by atoms with van der Waals surface area (Å²) >= 11 is 5.89. The Morgan fingerprint density at radius 3 is 3.11 bits per heavy atom. The number of aliphatic imine (C=N–C) groups is 1. The average molecular weight is 267 g/mol. The van der Waals surface area contributed by atoms with Gasteiger partial charge in [0.25, 0.3) is 0 Å². The van der Waals surface area contributed by atoms with Gasteiger partial charge in [0.1, 0.15) is 0 Å². The first-order chi connectivity index (χ1) is 8.72. The highest BCUT2D eigenvalue weighted by molar-refractivity contribution is 6.31. The van der Waals surface area contributed by atoms with Gasteiger partial charge in [-0.1, -0.05) is 17.7 Å². The van der Waals surface area contributed by atoms with Crippen LogP contribution in [0.25, 0.3) is 10.9 Å². The van der Waals surface area contributed by atoms with Gasteiger partial charge in [-0.25, -0.2) is 0 Å². The maximum Gasteiger partial charge on any atom is 0.198 e. The molecule has 96 valence electrons. The first-order valence-electron chi connectivity index (χ1n) is 5.71. The van der Waals surface area contributed by atoms with Gasteiger partial charge in [-0.15, -0.1) is 0 Å². The first-order valence-corrected chi connectivity index (χ1v) is 6.09. The topological polar surface area (TPSA) is 57.6 Å². The Morgan fingerprint density at radius 2 is 2.33 bits per heavy atom. The highest BCUT2D eigenvalue weighted by atomic mass is 35.5. The van der Waals surface area contributed by atoms with Crippen LogP contribution in [0.1, 0.15) is 12.0 Å². The van der Waals surface area contributed by atoms with E-state index < -0.39 is 0 Å². The van der Waals surface area contributed by atoms with Crippen molar-refractivity contribution in [1.29, 1.82) is 0 Å². The third kappa shape index (κ3) is 2.83. The monoisotopic (exact) mass is 266 g/mol. The highest BCUT2D eigenvalue weighted by Gasteiger charge is 2.08. The molecule has 18 heavy (non-hydrogen) atoms. The molecule has 0 fully saturated rings. The Labute approximate surface area is 110 Å². The number of hydrogen-bond donors (Lipinski definition) is 2. The van der Waals surface area contributed by atoms with E-state index in [9.17, 15) is 5.11 Å². The number of fused-ring (bicyclic) bond motifs is 1. The average Bonchev–Trinajstić information content (AvgIpc) is 2.64. The number of benzene rings is 1. The predicted molar refractivity (Wildman–Crippen MR) is 73.9 cm³/mol. The lowest BCUT2D eigenvalue weighted by atomic mass is 10.2. The summed E-state index contributed by atoms with van der Waals surface area (Å²) in [5.41, 5.74) is 1.50. The highest BCUT2D eigenvalue weighted by Crippen LogP contribution is 2.27. The van der Waals surface area contributed by atoms with Crippen molar-refractivity contribution >= 4 is 28.7 Å². The summed E-state index contributed by atoms with van der Waals surface area (Å²) in [5.74, 6) is 0.114. The fraction of sp³-hybridized carbons (Fsp3) is 0.308. The van der Waals surface area contributed by atoms with Crippen molar-refractivity contribution in [3.8, 4) is 5.88 Å². The third-order valence-corrected chi connectivity index (χ3v) is 2.87. The molecule has 2 aromatic rings. The molecule has 2 N–H and O–H groups in total. The minimum absolute atomic E-state index is 0.114. The molecule has 0 amide bonds. The molecule has 0 aliphatic rings. The van der Waals surface area contributed by atoms with E-state index in [1.165, 1.54) is 0 Å². The summed E-state index contributed by atoms with van der Waals surface area (Å²) in [6.45, 7) is 1.36. The van der Waals surface area contributed by atoms with Gasteiger partial charge in [-0.2, -0.15) is 0 Å². The standard InChI is InChI=1S/C13H15ClN2O2/c1-18-6-2-5-15-8-11-10-4-3-9(14)7-12(10)16-13(11)17/h3-4,7-8,16-17H,2,5-6H2,1H3. The summed E-state index contributed by atoms with van der Waals surface area (Å²) < 4.78 is 4.94. The summed E-state index contributed by atoms with van der Waals surface area (Å²) in [5, 5.41) is 11.4. The van der Waals surface area contributed by atoms with E-state index in [0.717, 1.165) is 17.3 Å². The third-order valence-electron chi connectivity index (χ3n) is 2.64. The normalized spacial score (nSPS) is 11.7. The van der Waals surface area contributed by atoms with Gasteiger partial charge in [0.05, 0.1) is 11.1 Å². The molecule has 2 rings (SSSR count). The second-order valence-corrected chi connectivity index (χ2v) is 4.40. The van der Waals surface area contributed by atoms with Crippen molar-refractivity contribution < 1.29 is 9.84 Å². The number of aromatic hydroxyl groups is 1. The van der Waals surface area contributed by atoms with Crippen LogP contribution in [0.3, 0.4) is 0 Å². The SMILES string of the molecule is COCCCN=Cc1c(O)[nH]c2cc(Cl)ccc12. The smallest absolute Gasteiger partial charge is 0.198 e. The predicted octanol–water partition coefficient (Wildman–Crippen LogP) is 2.98. The van der Waals surface area contributed by atoms with Crippen molar-refractivity contribution in [3.05, 3.63) is 28.8 Å². The molecular weight excluding hydrogens is 252 g/mol. The second kappa shape index (κ2) is 5.89. The van der Waals surface area contributed by atoms with E-state index in [1.54, 1.807) is 25.5 Å². The number of methoxy groups -OCH3 is 1. The van der Waals surface area contributed by atoms with E-state index in [1.807, 2.05) is 6.07 Å². The molecule has 0 spiro atoms. The molecule has 0 atom stereocenters. The van der Waals surface area contributed by atoms with Crippen LogP contribution in [0.2, 0.25) is 5.02 Å². The van der Waals surface area contributed by atoms with Crippen LogP contribution in [0.5, 0.6) is 5.88 Å². The van der Waals surface area contributed by atoms with E-state index in [-0.39, 0.29) is 5.88 Å². The van der Waals surface area contributed by atoms with Crippen molar-refractivity contribution in [3.63, 3.8) is 0 Å². The van der Waals surface area contributed by atoms with E-state index >= 15 is 0 Å². The molecule has 0 radical (unpaired) electrons. The molecule has 0 saturated carbocycles. The summed E-state index contributed by atoms with van der Waals surface area (Å²) in [7, 11) is 1.67. The van der Waals surface area contributed by atoms with Gasteiger partial charge in [0.2, 0.25) is 0 Å². The minimum atomic E-state index is 0.114. The lowest BCUT2D eigenvalue weighted by Crippen LogP contribution is -1.91. The minimum Gasteiger partial charge on any atom is -0.494 e. The number of aromatic nitrogens is 1. The number of ether oxygens (including phenoxy) is 1. The number of nitrogens with one attached hydrogen (secondary N) is 1. The quantitative estimate of drug-likeness (QED) is 0.646. The van der Waals surface area contributed by atoms with Gasteiger partial charge < -0.3 is 14.8 Å². The van der Waals surface area contributed by atoms with Crippen LogP contribution < -0.4 is 0 Å². The zero-order valence-electron chi connectivity index (χ0n) is 10.1. The maximum atomic E-state index is 9.81. The molecule has 5 heteroatoms. The number of hydrogen-bond acceptors (Lipinski definition) is 3. The van der Waals surface area contributed by atoms with Crippen molar-refractivity contribution in [2.45, 2.75) is 6.42 Å². The number of nitrogens with zero attached hydrogens (tertiary/aromatic N) is 1. The Morgan fingerprint density at radius 1 is 1.50 bits per heavy atom. The zero-order chi connectivity index (χ0) is 13.0. The molecule has 0 aliphatic carbocycles. The fourth-order valence-corrected chi connectivity index (χ4v) is 1.94. The van der Waals surface area contributed by atoms with Gasteiger partial charge in [-0.3, -0.25) is 4.99 Å². The van der Waals surface area contributed by atoms with E-state index in [0.29, 0.717) is 23.7 Å². The molecule has 0 unspecified atom stereocenters.